The smallest absolute Gasteiger partial charge is 0.163 e. The van der Waals surface area contributed by atoms with Crippen LogP contribution in [0.25, 0.3) is 0 Å². The fourth-order valence-corrected chi connectivity index (χ4v) is 3.86. The van der Waals surface area contributed by atoms with Crippen LogP contribution in [0, 0.1) is 17.2 Å². The number of piperazine rings is 1. The topological polar surface area (TPSA) is 77.8 Å². The van der Waals surface area contributed by atoms with Crippen LogP contribution in [-0.4, -0.2) is 56.5 Å². The van der Waals surface area contributed by atoms with Gasteiger partial charge in [0.2, 0.25) is 0 Å². The van der Waals surface area contributed by atoms with Gasteiger partial charge in [0.1, 0.15) is 0 Å². The largest absolute Gasteiger partial charge is 0.504 e. The fraction of sp³-hybridized carbons (Fsp3) is 0.611. The molecule has 2 N–H and O–H groups in total. The van der Waals surface area contributed by atoms with Crippen molar-refractivity contribution in [2.24, 2.45) is 5.92 Å². The summed E-state index contributed by atoms with van der Waals surface area (Å²) in [6.45, 7) is 5.13. The molecular weight excluding hydrogens is 377 g/mol. The van der Waals surface area contributed by atoms with Gasteiger partial charge in [0, 0.05) is 51.0 Å². The van der Waals surface area contributed by atoms with Gasteiger partial charge in [-0.05, 0) is 30.9 Å². The monoisotopic (exact) mass is 403 g/mol. The number of aromatic hydroxyl groups is 1. The van der Waals surface area contributed by atoms with E-state index in [0.29, 0.717) is 22.8 Å². The Morgan fingerprint density at radius 3 is 2.50 bits per heavy atom. The van der Waals surface area contributed by atoms with Crippen LogP contribution in [0.15, 0.2) is 12.1 Å². The summed E-state index contributed by atoms with van der Waals surface area (Å²) in [6, 6.07) is 5.69. The Balaban J connectivity index is 0.00000169. The minimum atomic E-state index is 0. The zero-order chi connectivity index (χ0) is 16.9. The first-order valence-electron chi connectivity index (χ1n) is 8.58. The number of nitrogens with zero attached hydrogens (tertiary/aromatic N) is 2. The van der Waals surface area contributed by atoms with Gasteiger partial charge in [0.15, 0.2) is 11.5 Å². The maximum Gasteiger partial charge on any atom is 0.163 e. The molecule has 3 rings (SSSR count). The van der Waals surface area contributed by atoms with E-state index in [9.17, 15) is 10.4 Å². The molecule has 8 heteroatoms. The van der Waals surface area contributed by atoms with Crippen molar-refractivity contribution < 1.29 is 14.6 Å². The van der Waals surface area contributed by atoms with Gasteiger partial charge in [-0.15, -0.1) is 24.8 Å². The van der Waals surface area contributed by atoms with E-state index in [4.69, 9.17) is 9.47 Å². The lowest BCUT2D eigenvalue weighted by Crippen LogP contribution is -2.47. The van der Waals surface area contributed by atoms with Crippen molar-refractivity contribution in [3.63, 3.8) is 0 Å². The summed E-state index contributed by atoms with van der Waals surface area (Å²) < 4.78 is 10.8. The minimum Gasteiger partial charge on any atom is -0.504 e. The highest BCUT2D eigenvalue weighted by Crippen LogP contribution is 2.44. The molecule has 1 aromatic carbocycles. The first-order valence-corrected chi connectivity index (χ1v) is 8.58. The van der Waals surface area contributed by atoms with Crippen molar-refractivity contribution in [1.82, 2.24) is 10.2 Å². The van der Waals surface area contributed by atoms with Crippen molar-refractivity contribution in [3.8, 4) is 17.6 Å². The van der Waals surface area contributed by atoms with Gasteiger partial charge >= 0.3 is 0 Å². The highest BCUT2D eigenvalue weighted by Gasteiger charge is 2.35. The molecule has 2 aliphatic heterocycles. The van der Waals surface area contributed by atoms with Crippen LogP contribution >= 0.6 is 24.8 Å². The molecule has 0 aliphatic carbocycles. The summed E-state index contributed by atoms with van der Waals surface area (Å²) in [5.41, 5.74) is 1.24. The summed E-state index contributed by atoms with van der Waals surface area (Å²) in [6.07, 6.45) is 1.88. The standard InChI is InChI=1S/C18H25N3O3.2ClH/c1-23-15-3-2-14(12-19)16(18(15)22)17(13-4-10-24-11-5-13)21-8-6-20-7-9-21;;/h2-3,13,17,20,22H,4-11H2,1H3;2*1H/t17-;;/m0../s1. The molecule has 146 valence electrons. The number of ether oxygens (including phenoxy) is 2. The molecule has 0 amide bonds. The van der Waals surface area contributed by atoms with Crippen LogP contribution in [0.1, 0.15) is 30.0 Å². The van der Waals surface area contributed by atoms with E-state index in [1.54, 1.807) is 19.2 Å². The Bertz CT molecular complexity index is 594. The van der Waals surface area contributed by atoms with Crippen molar-refractivity contribution in [2.75, 3.05) is 46.5 Å². The second-order valence-electron chi connectivity index (χ2n) is 6.37. The number of rotatable bonds is 4. The quantitative estimate of drug-likeness (QED) is 0.803. The highest BCUT2D eigenvalue weighted by molar-refractivity contribution is 5.85. The van der Waals surface area contributed by atoms with Gasteiger partial charge in [0.25, 0.3) is 0 Å². The van der Waals surface area contributed by atoms with Crippen LogP contribution in [0.4, 0.5) is 0 Å². The van der Waals surface area contributed by atoms with E-state index in [-0.39, 0.29) is 36.6 Å². The molecule has 0 aromatic heterocycles. The molecule has 0 spiro atoms. The van der Waals surface area contributed by atoms with Crippen molar-refractivity contribution >= 4 is 24.8 Å². The molecular formula is C18H27Cl2N3O3. The predicted molar refractivity (Wildman–Crippen MR) is 105 cm³/mol. The zero-order valence-electron chi connectivity index (χ0n) is 14.9. The number of halogens is 2. The molecule has 0 bridgehead atoms. The lowest BCUT2D eigenvalue weighted by atomic mass is 9.83. The summed E-state index contributed by atoms with van der Waals surface area (Å²) in [5, 5.41) is 23.7. The van der Waals surface area contributed by atoms with Crippen LogP contribution < -0.4 is 10.1 Å². The molecule has 0 unspecified atom stereocenters. The Kier molecular flexibility index (Phi) is 9.48. The third kappa shape index (κ3) is 4.73. The van der Waals surface area contributed by atoms with Gasteiger partial charge in [-0.1, -0.05) is 0 Å². The minimum absolute atomic E-state index is 0. The molecule has 0 saturated carbocycles. The Hall–Kier alpha value is -1.23. The predicted octanol–water partition coefficient (Wildman–Crippen LogP) is 2.49. The van der Waals surface area contributed by atoms with Crippen LogP contribution in [0.2, 0.25) is 0 Å². The molecule has 1 aromatic rings. The van der Waals surface area contributed by atoms with Gasteiger partial charge in [0.05, 0.1) is 18.7 Å². The first kappa shape index (κ1) is 22.8. The zero-order valence-corrected chi connectivity index (χ0v) is 16.6. The van der Waals surface area contributed by atoms with Gasteiger partial charge in [-0.25, -0.2) is 0 Å². The molecule has 0 radical (unpaired) electrons. The fourth-order valence-electron chi connectivity index (χ4n) is 3.86. The number of phenolic OH excluding ortho intramolecular Hbond substituents is 1. The normalized spacial score (nSPS) is 19.5. The summed E-state index contributed by atoms with van der Waals surface area (Å²) >= 11 is 0. The molecule has 1 atom stereocenters. The Labute approximate surface area is 167 Å². The molecule has 6 nitrogen and oxygen atoms in total. The number of nitrogens with one attached hydrogen (secondary N) is 1. The number of hydrogen-bond donors (Lipinski definition) is 2. The lowest BCUT2D eigenvalue weighted by Gasteiger charge is -2.41. The van der Waals surface area contributed by atoms with E-state index < -0.39 is 0 Å². The molecule has 2 saturated heterocycles. The second-order valence-corrected chi connectivity index (χ2v) is 6.37. The number of benzene rings is 1. The van der Waals surface area contributed by atoms with Gasteiger partial charge in [-0.3, -0.25) is 4.90 Å². The first-order chi connectivity index (χ1) is 11.8. The Morgan fingerprint density at radius 1 is 1.27 bits per heavy atom. The Morgan fingerprint density at radius 2 is 1.92 bits per heavy atom. The van der Waals surface area contributed by atoms with Gasteiger partial charge < -0.3 is 19.9 Å². The lowest BCUT2D eigenvalue weighted by molar-refractivity contribution is 0.0205. The average Bonchev–Trinajstić information content (AvgIpc) is 2.65. The maximum atomic E-state index is 10.8. The van der Waals surface area contributed by atoms with Crippen molar-refractivity contribution in [2.45, 2.75) is 18.9 Å². The number of phenols is 1. The molecule has 2 heterocycles. The van der Waals surface area contributed by atoms with E-state index in [1.165, 1.54) is 0 Å². The molecule has 26 heavy (non-hydrogen) atoms. The number of methoxy groups -OCH3 is 1. The van der Waals surface area contributed by atoms with Crippen LogP contribution in [0.5, 0.6) is 11.5 Å². The second kappa shape index (κ2) is 10.8. The van der Waals surface area contributed by atoms with Crippen molar-refractivity contribution in [3.05, 3.63) is 23.3 Å². The summed E-state index contributed by atoms with van der Waals surface area (Å²) in [4.78, 5) is 2.39. The van der Waals surface area contributed by atoms with Crippen LogP contribution in [0.3, 0.4) is 0 Å². The van der Waals surface area contributed by atoms with E-state index >= 15 is 0 Å². The molecule has 2 fully saturated rings. The van der Waals surface area contributed by atoms with E-state index in [0.717, 1.165) is 52.2 Å². The van der Waals surface area contributed by atoms with E-state index in [2.05, 4.69) is 16.3 Å². The molecule has 2 aliphatic rings. The number of nitriles is 1. The van der Waals surface area contributed by atoms with Crippen molar-refractivity contribution in [1.29, 1.82) is 5.26 Å². The van der Waals surface area contributed by atoms with E-state index in [1.807, 2.05) is 0 Å². The maximum absolute atomic E-state index is 10.8. The SMILES string of the molecule is COc1ccc(C#N)c([C@H](C2CCOCC2)N2CCNCC2)c1O.Cl.Cl. The van der Waals surface area contributed by atoms with Gasteiger partial charge in [-0.2, -0.15) is 5.26 Å². The highest BCUT2D eigenvalue weighted by atomic mass is 35.5. The van der Waals surface area contributed by atoms with Crippen LogP contribution in [-0.2, 0) is 4.74 Å². The number of hydrogen-bond acceptors (Lipinski definition) is 6. The third-order valence-electron chi connectivity index (χ3n) is 5.07. The summed E-state index contributed by atoms with van der Waals surface area (Å²) in [7, 11) is 1.54. The summed E-state index contributed by atoms with van der Waals surface area (Å²) in [5.74, 6) is 0.893. The average molecular weight is 404 g/mol. The third-order valence-corrected chi connectivity index (χ3v) is 5.07.